The summed E-state index contributed by atoms with van der Waals surface area (Å²) in [4.78, 5) is 28.9. The third-order valence-electron chi connectivity index (χ3n) is 5.19. The van der Waals surface area contributed by atoms with E-state index in [4.69, 9.17) is 9.15 Å². The van der Waals surface area contributed by atoms with Crippen LogP contribution < -0.4 is 0 Å². The lowest BCUT2D eigenvalue weighted by atomic mass is 9.84. The highest BCUT2D eigenvalue weighted by molar-refractivity contribution is 5.91. The molecule has 6 nitrogen and oxygen atoms in total. The van der Waals surface area contributed by atoms with E-state index in [1.807, 2.05) is 9.80 Å². The molecule has 0 spiro atoms. The van der Waals surface area contributed by atoms with E-state index in [-0.39, 0.29) is 17.7 Å². The van der Waals surface area contributed by atoms with E-state index >= 15 is 0 Å². The summed E-state index contributed by atoms with van der Waals surface area (Å²) in [7, 11) is 0. The van der Waals surface area contributed by atoms with Crippen LogP contribution in [0.4, 0.5) is 0 Å². The van der Waals surface area contributed by atoms with Crippen molar-refractivity contribution in [3.05, 3.63) is 24.2 Å². The fourth-order valence-corrected chi connectivity index (χ4v) is 4.17. The third-order valence-corrected chi connectivity index (χ3v) is 5.19. The maximum absolute atomic E-state index is 12.6. The fourth-order valence-electron chi connectivity index (χ4n) is 4.17. The van der Waals surface area contributed by atoms with Crippen LogP contribution in [0.1, 0.15) is 23.4 Å². The van der Waals surface area contributed by atoms with Crippen molar-refractivity contribution in [3.8, 4) is 0 Å². The highest BCUT2D eigenvalue weighted by Crippen LogP contribution is 2.31. The molecule has 3 atom stereocenters. The zero-order valence-corrected chi connectivity index (χ0v) is 13.1. The molecule has 4 rings (SSSR count). The molecule has 3 aliphatic rings. The average molecular weight is 318 g/mol. The molecular formula is C17H22N2O4. The molecule has 124 valence electrons. The van der Waals surface area contributed by atoms with Crippen molar-refractivity contribution in [1.82, 2.24) is 9.80 Å². The molecule has 6 heteroatoms. The summed E-state index contributed by atoms with van der Waals surface area (Å²) >= 11 is 0. The van der Waals surface area contributed by atoms with E-state index in [1.54, 1.807) is 12.1 Å². The number of hydrogen-bond acceptors (Lipinski definition) is 4. The molecule has 1 aromatic heterocycles. The van der Waals surface area contributed by atoms with Gasteiger partial charge in [0.25, 0.3) is 5.91 Å². The fraction of sp³-hybridized carbons (Fsp3) is 0.647. The Morgan fingerprint density at radius 2 is 1.83 bits per heavy atom. The van der Waals surface area contributed by atoms with Crippen LogP contribution in [0.25, 0.3) is 0 Å². The minimum Gasteiger partial charge on any atom is -0.459 e. The Morgan fingerprint density at radius 1 is 1.09 bits per heavy atom. The number of amides is 2. The number of rotatable bonds is 2. The van der Waals surface area contributed by atoms with Crippen molar-refractivity contribution in [2.24, 2.45) is 17.8 Å². The second-order valence-electron chi connectivity index (χ2n) is 6.96. The standard InChI is InChI=1S/C17H22N2O4/c20-16(14-3-5-22-11-14)18-7-12-6-13(8-18)10-19(9-12)17(21)15-2-1-4-23-15/h1-2,4,12-14H,3,5-11H2/t12-,13+,14-/m0/s1. The van der Waals surface area contributed by atoms with E-state index in [0.717, 1.165) is 25.9 Å². The van der Waals surface area contributed by atoms with Crippen LogP contribution in [-0.4, -0.2) is 61.0 Å². The number of fused-ring (bicyclic) bond motifs is 2. The van der Waals surface area contributed by atoms with Crippen LogP contribution in [0.3, 0.4) is 0 Å². The van der Waals surface area contributed by atoms with Gasteiger partial charge in [-0.2, -0.15) is 0 Å². The first-order valence-corrected chi connectivity index (χ1v) is 8.40. The van der Waals surface area contributed by atoms with E-state index in [2.05, 4.69) is 0 Å². The summed E-state index contributed by atoms with van der Waals surface area (Å²) in [5, 5.41) is 0. The first-order chi connectivity index (χ1) is 11.2. The predicted molar refractivity (Wildman–Crippen MR) is 81.7 cm³/mol. The molecule has 4 heterocycles. The topological polar surface area (TPSA) is 63.0 Å². The lowest BCUT2D eigenvalue weighted by Gasteiger charge is -2.46. The van der Waals surface area contributed by atoms with Crippen LogP contribution in [0.15, 0.2) is 22.8 Å². The zero-order chi connectivity index (χ0) is 15.8. The maximum atomic E-state index is 12.6. The summed E-state index contributed by atoms with van der Waals surface area (Å²) in [6.45, 7) is 4.19. The normalized spacial score (nSPS) is 30.5. The number of hydrogen-bond donors (Lipinski definition) is 0. The van der Waals surface area contributed by atoms with Crippen LogP contribution in [-0.2, 0) is 9.53 Å². The van der Waals surface area contributed by atoms with Crippen molar-refractivity contribution < 1.29 is 18.7 Å². The van der Waals surface area contributed by atoms with Gasteiger partial charge in [0.2, 0.25) is 5.91 Å². The van der Waals surface area contributed by atoms with E-state index < -0.39 is 0 Å². The summed E-state index contributed by atoms with van der Waals surface area (Å²) in [6, 6.07) is 3.45. The van der Waals surface area contributed by atoms with Crippen molar-refractivity contribution in [3.63, 3.8) is 0 Å². The van der Waals surface area contributed by atoms with Crippen molar-refractivity contribution >= 4 is 11.8 Å². The monoisotopic (exact) mass is 318 g/mol. The summed E-state index contributed by atoms with van der Waals surface area (Å²) in [5.41, 5.74) is 0. The SMILES string of the molecule is O=C(c1ccco1)N1C[C@H]2C[C@@H](C1)CN(C(=O)[C@H]1CCOC1)C2. The molecule has 0 N–H and O–H groups in total. The highest BCUT2D eigenvalue weighted by Gasteiger charge is 2.39. The summed E-state index contributed by atoms with van der Waals surface area (Å²) in [6.07, 6.45) is 3.47. The molecule has 1 aromatic rings. The van der Waals surface area contributed by atoms with Gasteiger partial charge in [0.05, 0.1) is 18.8 Å². The number of piperidine rings is 2. The van der Waals surface area contributed by atoms with Gasteiger partial charge in [-0.1, -0.05) is 0 Å². The van der Waals surface area contributed by atoms with Crippen LogP contribution >= 0.6 is 0 Å². The molecule has 0 saturated carbocycles. The predicted octanol–water partition coefficient (Wildman–Crippen LogP) is 1.24. The number of ether oxygens (including phenoxy) is 1. The van der Waals surface area contributed by atoms with Gasteiger partial charge in [0, 0.05) is 32.8 Å². The van der Waals surface area contributed by atoms with Crippen molar-refractivity contribution in [2.45, 2.75) is 12.8 Å². The molecule has 3 saturated heterocycles. The van der Waals surface area contributed by atoms with Gasteiger partial charge < -0.3 is 19.0 Å². The molecule has 0 aromatic carbocycles. The molecule has 2 amide bonds. The van der Waals surface area contributed by atoms with Gasteiger partial charge in [0.1, 0.15) is 0 Å². The van der Waals surface area contributed by atoms with E-state index in [1.165, 1.54) is 6.26 Å². The molecule has 0 radical (unpaired) electrons. The molecule has 23 heavy (non-hydrogen) atoms. The first kappa shape index (κ1) is 14.8. The Morgan fingerprint density at radius 3 is 2.43 bits per heavy atom. The zero-order valence-electron chi connectivity index (χ0n) is 13.1. The van der Waals surface area contributed by atoms with Crippen LogP contribution in [0.2, 0.25) is 0 Å². The second kappa shape index (κ2) is 6.00. The van der Waals surface area contributed by atoms with Crippen molar-refractivity contribution in [2.75, 3.05) is 39.4 Å². The second-order valence-corrected chi connectivity index (χ2v) is 6.96. The third kappa shape index (κ3) is 2.87. The van der Waals surface area contributed by atoms with Crippen LogP contribution in [0, 0.1) is 17.8 Å². The van der Waals surface area contributed by atoms with E-state index in [0.29, 0.717) is 43.9 Å². The largest absolute Gasteiger partial charge is 0.459 e. The van der Waals surface area contributed by atoms with Gasteiger partial charge in [-0.3, -0.25) is 9.59 Å². The van der Waals surface area contributed by atoms with E-state index in [9.17, 15) is 9.59 Å². The highest BCUT2D eigenvalue weighted by atomic mass is 16.5. The minimum atomic E-state index is -0.0336. The van der Waals surface area contributed by atoms with Gasteiger partial charge in [-0.05, 0) is 36.8 Å². The van der Waals surface area contributed by atoms with Gasteiger partial charge in [0.15, 0.2) is 5.76 Å². The Bertz CT molecular complexity index is 565. The number of carbonyl (C=O) groups is 2. The molecule has 2 bridgehead atoms. The van der Waals surface area contributed by atoms with Gasteiger partial charge in [-0.25, -0.2) is 0 Å². The van der Waals surface area contributed by atoms with Crippen molar-refractivity contribution in [1.29, 1.82) is 0 Å². The quantitative estimate of drug-likeness (QED) is 0.823. The lowest BCUT2D eigenvalue weighted by molar-refractivity contribution is -0.139. The number of likely N-dealkylation sites (tertiary alicyclic amines) is 2. The summed E-state index contributed by atoms with van der Waals surface area (Å²) in [5.74, 6) is 1.38. The Balaban J connectivity index is 1.40. The summed E-state index contributed by atoms with van der Waals surface area (Å²) < 4.78 is 10.6. The number of carbonyl (C=O) groups excluding carboxylic acids is 2. The molecule has 0 unspecified atom stereocenters. The Labute approximate surface area is 135 Å². The van der Waals surface area contributed by atoms with Crippen LogP contribution in [0.5, 0.6) is 0 Å². The lowest BCUT2D eigenvalue weighted by Crippen LogP contribution is -2.56. The van der Waals surface area contributed by atoms with Gasteiger partial charge in [-0.15, -0.1) is 0 Å². The smallest absolute Gasteiger partial charge is 0.289 e. The Kier molecular flexibility index (Phi) is 3.85. The van der Waals surface area contributed by atoms with Gasteiger partial charge >= 0.3 is 0 Å². The molecule has 3 aliphatic heterocycles. The average Bonchev–Trinajstić information content (AvgIpc) is 3.25. The molecule has 3 fully saturated rings. The minimum absolute atomic E-state index is 0.0336. The molecule has 0 aliphatic carbocycles. The first-order valence-electron chi connectivity index (χ1n) is 8.40. The number of furan rings is 1. The molecular weight excluding hydrogens is 296 g/mol. The Hall–Kier alpha value is -1.82. The maximum Gasteiger partial charge on any atom is 0.289 e. The number of nitrogens with zero attached hydrogens (tertiary/aromatic N) is 2.